The van der Waals surface area contributed by atoms with Gasteiger partial charge in [-0.25, -0.2) is 4.68 Å². The number of carbonyl (C=O) groups is 1. The van der Waals surface area contributed by atoms with Gasteiger partial charge in [-0.3, -0.25) is 9.59 Å². The van der Waals surface area contributed by atoms with Crippen LogP contribution in [0.5, 0.6) is 11.5 Å². The molecule has 0 spiro atoms. The van der Waals surface area contributed by atoms with Gasteiger partial charge in [-0.05, 0) is 35.4 Å². The number of hydrogen-bond acceptors (Lipinski definition) is 5. The van der Waals surface area contributed by atoms with Crippen LogP contribution in [0.2, 0.25) is 0 Å². The first kappa shape index (κ1) is 22.8. The molecule has 34 heavy (non-hydrogen) atoms. The van der Waals surface area contributed by atoms with E-state index in [9.17, 15) is 9.59 Å². The first-order valence-electron chi connectivity index (χ1n) is 10.8. The highest BCUT2D eigenvalue weighted by atomic mass is 16.5. The van der Waals surface area contributed by atoms with Gasteiger partial charge in [0.1, 0.15) is 6.54 Å². The number of amides is 1. The summed E-state index contributed by atoms with van der Waals surface area (Å²) in [6.45, 7) is -0.212. The molecule has 4 aromatic rings. The second kappa shape index (κ2) is 10.5. The molecular weight excluding hydrogens is 430 g/mol. The Morgan fingerprint density at radius 1 is 0.853 bits per heavy atom. The minimum atomic E-state index is -0.365. The Balaban J connectivity index is 1.59. The van der Waals surface area contributed by atoms with Crippen molar-refractivity contribution in [2.75, 3.05) is 14.2 Å². The van der Waals surface area contributed by atoms with Crippen LogP contribution in [0.4, 0.5) is 0 Å². The quantitative estimate of drug-likeness (QED) is 0.437. The SMILES string of the molecule is COc1ccc(-c2ccc(=O)n(CC(=O)NC(c3ccccc3)c3ccccc3)n2)cc1OC. The molecule has 4 rings (SSSR count). The molecule has 1 aromatic heterocycles. The zero-order valence-corrected chi connectivity index (χ0v) is 19.0. The molecular formula is C27H25N3O4. The van der Waals surface area contributed by atoms with E-state index in [1.54, 1.807) is 32.4 Å². The summed E-state index contributed by atoms with van der Waals surface area (Å²) in [7, 11) is 3.11. The predicted molar refractivity (Wildman–Crippen MR) is 130 cm³/mol. The third kappa shape index (κ3) is 5.15. The number of aromatic nitrogens is 2. The van der Waals surface area contributed by atoms with Crippen LogP contribution in [0, 0.1) is 0 Å². The van der Waals surface area contributed by atoms with Crippen LogP contribution >= 0.6 is 0 Å². The van der Waals surface area contributed by atoms with Crippen LogP contribution in [0.1, 0.15) is 17.2 Å². The first-order chi connectivity index (χ1) is 16.6. The third-order valence-corrected chi connectivity index (χ3v) is 5.41. The molecule has 0 saturated carbocycles. The standard InChI is InChI=1S/C27H25N3O4/c1-33-23-15-13-21(17-24(23)34-2)22-14-16-26(32)30(29-22)18-25(31)28-27(19-9-5-3-6-10-19)20-11-7-4-8-12-20/h3-17,27H,18H2,1-2H3,(H,28,31). The lowest BCUT2D eigenvalue weighted by molar-refractivity contribution is -0.122. The molecule has 0 fully saturated rings. The fraction of sp³-hybridized carbons (Fsp3) is 0.148. The molecule has 0 saturated heterocycles. The van der Waals surface area contributed by atoms with Crippen molar-refractivity contribution in [2.24, 2.45) is 0 Å². The first-order valence-corrected chi connectivity index (χ1v) is 10.8. The largest absolute Gasteiger partial charge is 0.493 e. The summed E-state index contributed by atoms with van der Waals surface area (Å²) in [6, 6.07) is 27.4. The Labute approximate surface area is 197 Å². The molecule has 7 heteroatoms. The summed E-state index contributed by atoms with van der Waals surface area (Å²) in [6.07, 6.45) is 0. The van der Waals surface area contributed by atoms with Crippen molar-refractivity contribution in [1.82, 2.24) is 15.1 Å². The van der Waals surface area contributed by atoms with Crippen molar-refractivity contribution < 1.29 is 14.3 Å². The van der Waals surface area contributed by atoms with Crippen LogP contribution in [0.3, 0.4) is 0 Å². The van der Waals surface area contributed by atoms with Crippen molar-refractivity contribution >= 4 is 5.91 Å². The van der Waals surface area contributed by atoms with Crippen LogP contribution in [-0.4, -0.2) is 29.9 Å². The van der Waals surface area contributed by atoms with E-state index >= 15 is 0 Å². The maximum atomic E-state index is 13.0. The summed E-state index contributed by atoms with van der Waals surface area (Å²) in [5.41, 5.74) is 2.80. The van der Waals surface area contributed by atoms with Gasteiger partial charge in [0.2, 0.25) is 5.91 Å². The fourth-order valence-corrected chi connectivity index (χ4v) is 3.70. The van der Waals surface area contributed by atoms with Gasteiger partial charge in [0.25, 0.3) is 5.56 Å². The molecule has 0 radical (unpaired) electrons. The molecule has 0 aliphatic carbocycles. The molecule has 1 heterocycles. The number of hydrogen-bond donors (Lipinski definition) is 1. The Morgan fingerprint density at radius 3 is 2.06 bits per heavy atom. The zero-order valence-electron chi connectivity index (χ0n) is 19.0. The van der Waals surface area contributed by atoms with Crippen molar-refractivity contribution in [3.8, 4) is 22.8 Å². The maximum absolute atomic E-state index is 13.0. The number of ether oxygens (including phenoxy) is 2. The second-order valence-electron chi connectivity index (χ2n) is 7.61. The van der Waals surface area contributed by atoms with Gasteiger partial charge in [0.15, 0.2) is 11.5 Å². The molecule has 7 nitrogen and oxygen atoms in total. The lowest BCUT2D eigenvalue weighted by Gasteiger charge is -2.20. The average Bonchev–Trinajstić information content (AvgIpc) is 2.89. The number of nitrogens with zero attached hydrogens (tertiary/aromatic N) is 2. The summed E-state index contributed by atoms with van der Waals surface area (Å²) in [4.78, 5) is 25.5. The van der Waals surface area contributed by atoms with E-state index in [0.29, 0.717) is 17.2 Å². The van der Waals surface area contributed by atoms with Crippen LogP contribution in [-0.2, 0) is 11.3 Å². The minimum absolute atomic E-state index is 0.212. The monoisotopic (exact) mass is 455 g/mol. The lowest BCUT2D eigenvalue weighted by atomic mass is 9.99. The molecule has 0 aliphatic rings. The van der Waals surface area contributed by atoms with Crippen LogP contribution in [0.25, 0.3) is 11.3 Å². The van der Waals surface area contributed by atoms with Gasteiger partial charge in [0.05, 0.1) is 26.0 Å². The Kier molecular flexibility index (Phi) is 7.03. The van der Waals surface area contributed by atoms with E-state index in [1.165, 1.54) is 6.07 Å². The number of carbonyl (C=O) groups excluding carboxylic acids is 1. The summed E-state index contributed by atoms with van der Waals surface area (Å²) < 4.78 is 11.8. The highest BCUT2D eigenvalue weighted by Crippen LogP contribution is 2.31. The topological polar surface area (TPSA) is 82.5 Å². The molecule has 0 bridgehead atoms. The van der Waals surface area contributed by atoms with E-state index in [4.69, 9.17) is 9.47 Å². The summed E-state index contributed by atoms with van der Waals surface area (Å²) >= 11 is 0. The highest BCUT2D eigenvalue weighted by Gasteiger charge is 2.18. The van der Waals surface area contributed by atoms with Gasteiger partial charge >= 0.3 is 0 Å². The lowest BCUT2D eigenvalue weighted by Crippen LogP contribution is -2.36. The molecule has 0 aliphatic heterocycles. The summed E-state index contributed by atoms with van der Waals surface area (Å²) in [5, 5.41) is 7.46. The fourth-order valence-electron chi connectivity index (χ4n) is 3.70. The highest BCUT2D eigenvalue weighted by molar-refractivity contribution is 5.77. The zero-order chi connectivity index (χ0) is 23.9. The van der Waals surface area contributed by atoms with Crippen LogP contribution in [0.15, 0.2) is 95.8 Å². The minimum Gasteiger partial charge on any atom is -0.493 e. The van der Waals surface area contributed by atoms with Crippen molar-refractivity contribution in [3.05, 3.63) is 112 Å². The van der Waals surface area contributed by atoms with Crippen molar-refractivity contribution in [3.63, 3.8) is 0 Å². The van der Waals surface area contributed by atoms with Crippen molar-refractivity contribution in [2.45, 2.75) is 12.6 Å². The number of methoxy groups -OCH3 is 2. The van der Waals surface area contributed by atoms with E-state index in [0.717, 1.165) is 21.4 Å². The molecule has 1 N–H and O–H groups in total. The molecule has 0 atom stereocenters. The normalized spacial score (nSPS) is 10.7. The van der Waals surface area contributed by atoms with Gasteiger partial charge in [-0.15, -0.1) is 0 Å². The Morgan fingerprint density at radius 2 is 1.47 bits per heavy atom. The summed E-state index contributed by atoms with van der Waals surface area (Å²) in [5.74, 6) is 0.814. The van der Waals surface area contributed by atoms with E-state index in [1.807, 2.05) is 66.7 Å². The number of rotatable bonds is 8. The van der Waals surface area contributed by atoms with Gasteiger partial charge in [-0.1, -0.05) is 60.7 Å². The smallest absolute Gasteiger partial charge is 0.267 e. The molecule has 172 valence electrons. The van der Waals surface area contributed by atoms with Crippen molar-refractivity contribution in [1.29, 1.82) is 0 Å². The van der Waals surface area contributed by atoms with E-state index in [2.05, 4.69) is 10.4 Å². The van der Waals surface area contributed by atoms with Gasteiger partial charge in [-0.2, -0.15) is 5.10 Å². The molecule has 0 unspecified atom stereocenters. The van der Waals surface area contributed by atoms with Gasteiger partial charge < -0.3 is 14.8 Å². The molecule has 3 aromatic carbocycles. The van der Waals surface area contributed by atoms with E-state index < -0.39 is 0 Å². The third-order valence-electron chi connectivity index (χ3n) is 5.41. The molecule has 1 amide bonds. The number of benzene rings is 3. The second-order valence-corrected chi connectivity index (χ2v) is 7.61. The van der Waals surface area contributed by atoms with Crippen LogP contribution < -0.4 is 20.3 Å². The Hall–Kier alpha value is -4.39. The number of nitrogens with one attached hydrogen (secondary N) is 1. The maximum Gasteiger partial charge on any atom is 0.267 e. The predicted octanol–water partition coefficient (Wildman–Crippen LogP) is 3.83. The van der Waals surface area contributed by atoms with E-state index in [-0.39, 0.29) is 24.1 Å². The van der Waals surface area contributed by atoms with Gasteiger partial charge in [0, 0.05) is 11.6 Å². The average molecular weight is 456 g/mol. The Bertz CT molecular complexity index is 1280.